The molecular weight excluding hydrogens is 166 g/mol. The van der Waals surface area contributed by atoms with Crippen LogP contribution in [0.4, 0.5) is 0 Å². The molecule has 4 heteroatoms. The molecule has 4 nitrogen and oxygen atoms in total. The number of carbonyl (C=O) groups is 1. The zero-order valence-corrected chi connectivity index (χ0v) is 6.77. The third-order valence-electron chi connectivity index (χ3n) is 1.74. The van der Waals surface area contributed by atoms with E-state index in [1.54, 1.807) is 18.3 Å². The van der Waals surface area contributed by atoms with E-state index in [0.717, 1.165) is 5.39 Å². The van der Waals surface area contributed by atoms with Crippen molar-refractivity contribution in [3.8, 4) is 0 Å². The van der Waals surface area contributed by atoms with Gasteiger partial charge in [0.15, 0.2) is 5.65 Å². The van der Waals surface area contributed by atoms with Crippen molar-refractivity contribution in [1.29, 1.82) is 0 Å². The second-order valence-electron chi connectivity index (χ2n) is 2.64. The quantitative estimate of drug-likeness (QED) is 0.696. The number of aromatic nitrogens is 2. The molecule has 0 fully saturated rings. The zero-order valence-electron chi connectivity index (χ0n) is 7.77. The molecule has 0 radical (unpaired) electrons. The molecule has 2 rings (SSSR count). The first kappa shape index (κ1) is 7.67. The number of primary amides is 1. The van der Waals surface area contributed by atoms with E-state index in [0.29, 0.717) is 11.2 Å². The minimum atomic E-state index is -0.474. The second-order valence-corrected chi connectivity index (χ2v) is 2.64. The Morgan fingerprint density at radius 1 is 1.46 bits per heavy atom. The third-order valence-corrected chi connectivity index (χ3v) is 1.74. The van der Waals surface area contributed by atoms with Gasteiger partial charge in [-0.25, -0.2) is 9.97 Å². The molecule has 2 heterocycles. The highest BCUT2D eigenvalue weighted by Crippen LogP contribution is 2.09. The molecule has 0 saturated carbocycles. The summed E-state index contributed by atoms with van der Waals surface area (Å²) in [6.45, 7) is 0. The molecule has 0 unspecified atom stereocenters. The van der Waals surface area contributed by atoms with Gasteiger partial charge in [0, 0.05) is 17.8 Å². The molecule has 0 spiro atoms. The Morgan fingerprint density at radius 2 is 2.31 bits per heavy atom. The van der Waals surface area contributed by atoms with Gasteiger partial charge in [0.1, 0.15) is 0 Å². The molecule has 0 aromatic carbocycles. The van der Waals surface area contributed by atoms with Gasteiger partial charge < -0.3 is 5.73 Å². The SMILES string of the molecule is NC(=O)c1cnc2ncccc2c1.[H+]. The number of rotatable bonds is 1. The lowest BCUT2D eigenvalue weighted by Gasteiger charge is -1.97. The standard InChI is InChI=1S/C9H7N3O/c10-8(13)7-4-6-2-1-3-11-9(6)12-5-7/h1-5H,(H2,10,13)/p+1. The van der Waals surface area contributed by atoms with Gasteiger partial charge in [0.25, 0.3) is 0 Å². The Balaban J connectivity index is 0.000000980. The fraction of sp³-hybridized carbons (Fsp3) is 0. The van der Waals surface area contributed by atoms with E-state index < -0.39 is 5.91 Å². The maximum Gasteiger partial charge on any atom is 1.00 e. The molecule has 0 bridgehead atoms. The molecule has 13 heavy (non-hydrogen) atoms. The number of carbonyl (C=O) groups excluding carboxylic acids is 1. The average Bonchev–Trinajstić information content (AvgIpc) is 2.17. The molecule has 0 aliphatic rings. The van der Waals surface area contributed by atoms with E-state index in [-0.39, 0.29) is 1.43 Å². The van der Waals surface area contributed by atoms with E-state index >= 15 is 0 Å². The Morgan fingerprint density at radius 3 is 3.08 bits per heavy atom. The molecule has 0 saturated heterocycles. The van der Waals surface area contributed by atoms with Crippen LogP contribution in [0.15, 0.2) is 30.6 Å². The molecule has 2 N–H and O–H groups in total. The van der Waals surface area contributed by atoms with Crippen LogP contribution in [0, 0.1) is 0 Å². The fourth-order valence-electron chi connectivity index (χ4n) is 1.10. The van der Waals surface area contributed by atoms with Gasteiger partial charge in [-0.3, -0.25) is 4.79 Å². The summed E-state index contributed by atoms with van der Waals surface area (Å²) in [5.41, 5.74) is 6.13. The smallest absolute Gasteiger partial charge is 0.366 e. The summed E-state index contributed by atoms with van der Waals surface area (Å²) in [6, 6.07) is 5.30. The summed E-state index contributed by atoms with van der Waals surface area (Å²) >= 11 is 0. The number of nitrogens with zero attached hydrogens (tertiary/aromatic N) is 2. The molecule has 0 aliphatic heterocycles. The predicted molar refractivity (Wildman–Crippen MR) is 49.2 cm³/mol. The first-order valence-electron chi connectivity index (χ1n) is 3.78. The lowest BCUT2D eigenvalue weighted by molar-refractivity contribution is 0.1000. The van der Waals surface area contributed by atoms with E-state index in [1.807, 2.05) is 6.07 Å². The van der Waals surface area contributed by atoms with Gasteiger partial charge in [-0.05, 0) is 18.2 Å². The fourth-order valence-corrected chi connectivity index (χ4v) is 1.10. The van der Waals surface area contributed by atoms with Crippen molar-refractivity contribution in [2.75, 3.05) is 0 Å². The van der Waals surface area contributed by atoms with Crippen LogP contribution in [0.25, 0.3) is 11.0 Å². The minimum absolute atomic E-state index is 0. The van der Waals surface area contributed by atoms with Crippen LogP contribution in [-0.2, 0) is 0 Å². The maximum atomic E-state index is 10.8. The van der Waals surface area contributed by atoms with E-state index in [2.05, 4.69) is 9.97 Å². The highest BCUT2D eigenvalue weighted by molar-refractivity contribution is 5.95. The second kappa shape index (κ2) is 2.82. The summed E-state index contributed by atoms with van der Waals surface area (Å²) in [5.74, 6) is -0.474. The first-order valence-corrected chi connectivity index (χ1v) is 3.78. The first-order chi connectivity index (χ1) is 6.27. The number of fused-ring (bicyclic) bond motifs is 1. The number of hydrogen-bond donors (Lipinski definition) is 1. The largest absolute Gasteiger partial charge is 1.00 e. The van der Waals surface area contributed by atoms with Gasteiger partial charge in [-0.15, -0.1) is 0 Å². The van der Waals surface area contributed by atoms with Crippen molar-refractivity contribution in [1.82, 2.24) is 9.97 Å². The van der Waals surface area contributed by atoms with Crippen LogP contribution < -0.4 is 5.73 Å². The van der Waals surface area contributed by atoms with E-state index in [1.165, 1.54) is 6.20 Å². The van der Waals surface area contributed by atoms with Gasteiger partial charge >= 0.3 is 1.43 Å². The van der Waals surface area contributed by atoms with Crippen LogP contribution in [0.3, 0.4) is 0 Å². The third kappa shape index (κ3) is 1.33. The van der Waals surface area contributed by atoms with Gasteiger partial charge in [0.05, 0.1) is 5.56 Å². The van der Waals surface area contributed by atoms with Crippen LogP contribution in [-0.4, -0.2) is 15.9 Å². The Hall–Kier alpha value is -1.97. The van der Waals surface area contributed by atoms with Crippen molar-refractivity contribution in [2.45, 2.75) is 0 Å². The Labute approximate surface area is 75.9 Å². The van der Waals surface area contributed by atoms with Crippen molar-refractivity contribution in [3.05, 3.63) is 36.2 Å². The van der Waals surface area contributed by atoms with Crippen LogP contribution in [0.1, 0.15) is 11.8 Å². The minimum Gasteiger partial charge on any atom is -0.366 e. The normalized spacial score (nSPS) is 10.2. The van der Waals surface area contributed by atoms with Gasteiger partial charge in [-0.2, -0.15) is 0 Å². The molecule has 2 aromatic heterocycles. The summed E-state index contributed by atoms with van der Waals surface area (Å²) in [6.07, 6.45) is 3.08. The Bertz CT molecular complexity index is 472. The van der Waals surface area contributed by atoms with Gasteiger partial charge in [-0.1, -0.05) is 0 Å². The van der Waals surface area contributed by atoms with Crippen molar-refractivity contribution < 1.29 is 6.22 Å². The molecule has 64 valence electrons. The van der Waals surface area contributed by atoms with E-state index in [9.17, 15) is 4.79 Å². The highest BCUT2D eigenvalue weighted by Gasteiger charge is 2.01. The number of amides is 1. The average molecular weight is 174 g/mol. The topological polar surface area (TPSA) is 68.9 Å². The zero-order chi connectivity index (χ0) is 9.26. The molecule has 1 amide bonds. The summed E-state index contributed by atoms with van der Waals surface area (Å²) in [7, 11) is 0. The lowest BCUT2D eigenvalue weighted by Crippen LogP contribution is -2.11. The molecule has 2 aromatic rings. The van der Waals surface area contributed by atoms with Crippen molar-refractivity contribution in [3.63, 3.8) is 0 Å². The van der Waals surface area contributed by atoms with Crippen LogP contribution in [0.5, 0.6) is 0 Å². The summed E-state index contributed by atoms with van der Waals surface area (Å²) in [5, 5.41) is 0.818. The lowest BCUT2D eigenvalue weighted by atomic mass is 10.2. The van der Waals surface area contributed by atoms with Gasteiger partial charge in [0.2, 0.25) is 5.91 Å². The molecular formula is C9H8N3O+. The Kier molecular flexibility index (Phi) is 1.66. The monoisotopic (exact) mass is 174 g/mol. The van der Waals surface area contributed by atoms with Crippen molar-refractivity contribution in [2.24, 2.45) is 5.73 Å². The molecule has 0 aliphatic carbocycles. The summed E-state index contributed by atoms with van der Waals surface area (Å²) in [4.78, 5) is 18.8. The van der Waals surface area contributed by atoms with Crippen LogP contribution >= 0.6 is 0 Å². The van der Waals surface area contributed by atoms with Crippen LogP contribution in [0.2, 0.25) is 0 Å². The van der Waals surface area contributed by atoms with Crippen molar-refractivity contribution >= 4 is 16.9 Å². The maximum absolute atomic E-state index is 10.8. The number of nitrogens with two attached hydrogens (primary N) is 1. The van der Waals surface area contributed by atoms with E-state index in [4.69, 9.17) is 5.73 Å². The number of hydrogen-bond acceptors (Lipinski definition) is 3. The number of pyridine rings is 2. The molecule has 0 atom stereocenters. The summed E-state index contributed by atoms with van der Waals surface area (Å²) < 4.78 is 0. The predicted octanol–water partition coefficient (Wildman–Crippen LogP) is 0.841. The highest BCUT2D eigenvalue weighted by atomic mass is 16.1.